The number of hydrogen-bond acceptors (Lipinski definition) is 3. The largest absolute Gasteiger partial charge is 0.392 e. The van der Waals surface area contributed by atoms with E-state index in [0.29, 0.717) is 10.6 Å². The van der Waals surface area contributed by atoms with Crippen molar-refractivity contribution < 1.29 is 14.3 Å². The standard InChI is InChI=1S/C18H17ClFNO2S/c19-16-2-1-3-17(20)15(16)9-21(13-4-5-13)18(23)7-6-14-8-12(10-22)11-24-14/h1-3,6-8,11,13,22H,4-5,9-10H2/b7-6+. The van der Waals surface area contributed by atoms with Gasteiger partial charge in [-0.15, -0.1) is 11.3 Å². The normalized spacial score (nSPS) is 14.3. The molecule has 1 N–H and O–H groups in total. The van der Waals surface area contributed by atoms with E-state index in [2.05, 4.69) is 0 Å². The van der Waals surface area contributed by atoms with Crippen molar-refractivity contribution in [2.75, 3.05) is 0 Å². The minimum Gasteiger partial charge on any atom is -0.392 e. The van der Waals surface area contributed by atoms with Gasteiger partial charge in [-0.2, -0.15) is 0 Å². The van der Waals surface area contributed by atoms with Crippen LogP contribution in [-0.2, 0) is 17.9 Å². The van der Waals surface area contributed by atoms with Crippen LogP contribution in [0.3, 0.4) is 0 Å². The van der Waals surface area contributed by atoms with Gasteiger partial charge < -0.3 is 10.0 Å². The van der Waals surface area contributed by atoms with Gasteiger partial charge in [-0.3, -0.25) is 4.79 Å². The Morgan fingerprint density at radius 2 is 2.25 bits per heavy atom. The molecule has 0 bridgehead atoms. The number of amides is 1. The first-order valence-electron chi connectivity index (χ1n) is 7.68. The molecule has 6 heteroatoms. The van der Waals surface area contributed by atoms with Crippen molar-refractivity contribution in [3.05, 3.63) is 62.6 Å². The molecule has 1 heterocycles. The van der Waals surface area contributed by atoms with Crippen LogP contribution in [0.2, 0.25) is 5.02 Å². The van der Waals surface area contributed by atoms with Crippen LogP contribution in [0.25, 0.3) is 6.08 Å². The first kappa shape index (κ1) is 17.1. The molecule has 3 nitrogen and oxygen atoms in total. The summed E-state index contributed by atoms with van der Waals surface area (Å²) in [4.78, 5) is 15.1. The number of carbonyl (C=O) groups is 1. The lowest BCUT2D eigenvalue weighted by atomic mass is 10.2. The summed E-state index contributed by atoms with van der Waals surface area (Å²) in [7, 11) is 0. The molecular formula is C18H17ClFNO2S. The van der Waals surface area contributed by atoms with Crippen molar-refractivity contribution in [1.29, 1.82) is 0 Å². The van der Waals surface area contributed by atoms with E-state index in [1.54, 1.807) is 23.1 Å². The highest BCUT2D eigenvalue weighted by Gasteiger charge is 2.32. The number of nitrogens with zero attached hydrogens (tertiary/aromatic N) is 1. The van der Waals surface area contributed by atoms with Crippen LogP contribution in [-0.4, -0.2) is 22.0 Å². The Labute approximate surface area is 149 Å². The van der Waals surface area contributed by atoms with Gasteiger partial charge in [0.2, 0.25) is 5.91 Å². The van der Waals surface area contributed by atoms with Gasteiger partial charge in [0, 0.05) is 27.6 Å². The van der Waals surface area contributed by atoms with E-state index >= 15 is 0 Å². The van der Waals surface area contributed by atoms with Gasteiger partial charge >= 0.3 is 0 Å². The molecule has 0 aliphatic heterocycles. The molecule has 0 spiro atoms. The van der Waals surface area contributed by atoms with E-state index in [9.17, 15) is 9.18 Å². The monoisotopic (exact) mass is 365 g/mol. The second-order valence-corrected chi connectivity index (χ2v) is 7.10. The van der Waals surface area contributed by atoms with Crippen molar-refractivity contribution in [2.24, 2.45) is 0 Å². The minimum absolute atomic E-state index is 0.0156. The third-order valence-electron chi connectivity index (χ3n) is 3.91. The molecule has 3 rings (SSSR count). The first-order chi connectivity index (χ1) is 11.6. The summed E-state index contributed by atoms with van der Waals surface area (Å²) in [6, 6.07) is 6.53. The van der Waals surface area contributed by atoms with Crippen LogP contribution in [0.5, 0.6) is 0 Å². The highest BCUT2D eigenvalue weighted by atomic mass is 35.5. The zero-order valence-corrected chi connectivity index (χ0v) is 14.5. The molecule has 1 aromatic carbocycles. The lowest BCUT2D eigenvalue weighted by Gasteiger charge is -2.21. The lowest BCUT2D eigenvalue weighted by molar-refractivity contribution is -0.127. The smallest absolute Gasteiger partial charge is 0.247 e. The van der Waals surface area contributed by atoms with Gasteiger partial charge in [0.25, 0.3) is 0 Å². The molecule has 1 aliphatic rings. The van der Waals surface area contributed by atoms with Crippen LogP contribution < -0.4 is 0 Å². The summed E-state index contributed by atoms with van der Waals surface area (Å²) < 4.78 is 14.0. The number of aliphatic hydroxyl groups is 1. The number of halogens is 2. The van der Waals surface area contributed by atoms with Gasteiger partial charge in [0.05, 0.1) is 13.2 Å². The van der Waals surface area contributed by atoms with Crippen LogP contribution in [0, 0.1) is 5.82 Å². The topological polar surface area (TPSA) is 40.5 Å². The van der Waals surface area contributed by atoms with Gasteiger partial charge in [0.1, 0.15) is 5.82 Å². The molecule has 0 atom stereocenters. The zero-order chi connectivity index (χ0) is 17.1. The fraction of sp³-hybridized carbons (Fsp3) is 0.278. The number of carbonyl (C=O) groups excluding carboxylic acids is 1. The molecule has 1 saturated carbocycles. The predicted octanol–water partition coefficient (Wildman–Crippen LogP) is 4.24. The fourth-order valence-electron chi connectivity index (χ4n) is 2.44. The average molecular weight is 366 g/mol. The molecular weight excluding hydrogens is 349 g/mol. The van der Waals surface area contributed by atoms with Crippen LogP contribution in [0.1, 0.15) is 28.8 Å². The summed E-state index contributed by atoms with van der Waals surface area (Å²) in [6.07, 6.45) is 5.09. The number of thiophene rings is 1. The summed E-state index contributed by atoms with van der Waals surface area (Å²) in [6.45, 7) is 0.157. The van der Waals surface area contributed by atoms with Crippen molar-refractivity contribution >= 4 is 34.9 Å². The van der Waals surface area contributed by atoms with Gasteiger partial charge in [-0.05, 0) is 48.1 Å². The van der Waals surface area contributed by atoms with E-state index in [0.717, 1.165) is 23.3 Å². The molecule has 0 unspecified atom stereocenters. The average Bonchev–Trinajstić information content (AvgIpc) is 3.30. The summed E-state index contributed by atoms with van der Waals surface area (Å²) >= 11 is 7.54. The van der Waals surface area contributed by atoms with E-state index in [1.165, 1.54) is 23.5 Å². The first-order valence-corrected chi connectivity index (χ1v) is 8.94. The minimum atomic E-state index is -0.393. The van der Waals surface area contributed by atoms with Crippen molar-refractivity contribution in [2.45, 2.75) is 32.0 Å². The highest BCUT2D eigenvalue weighted by molar-refractivity contribution is 7.11. The maximum absolute atomic E-state index is 14.0. The van der Waals surface area contributed by atoms with E-state index < -0.39 is 5.82 Å². The number of hydrogen-bond donors (Lipinski definition) is 1. The summed E-state index contributed by atoms with van der Waals surface area (Å²) in [5.41, 5.74) is 1.18. The Morgan fingerprint density at radius 3 is 2.88 bits per heavy atom. The maximum Gasteiger partial charge on any atom is 0.247 e. The second kappa shape index (κ2) is 7.47. The summed E-state index contributed by atoms with van der Waals surface area (Å²) in [5.74, 6) is -0.549. The Hall–Kier alpha value is -1.69. The summed E-state index contributed by atoms with van der Waals surface area (Å²) in [5, 5.41) is 11.3. The van der Waals surface area contributed by atoms with Gasteiger partial charge in [0.15, 0.2) is 0 Å². The Morgan fingerprint density at radius 1 is 1.46 bits per heavy atom. The second-order valence-electron chi connectivity index (χ2n) is 5.75. The number of rotatable bonds is 6. The zero-order valence-electron chi connectivity index (χ0n) is 12.9. The quantitative estimate of drug-likeness (QED) is 0.778. The van der Waals surface area contributed by atoms with Gasteiger partial charge in [-0.25, -0.2) is 4.39 Å². The van der Waals surface area contributed by atoms with Crippen LogP contribution >= 0.6 is 22.9 Å². The van der Waals surface area contributed by atoms with Crippen molar-refractivity contribution in [1.82, 2.24) is 4.90 Å². The molecule has 1 aromatic heterocycles. The third kappa shape index (κ3) is 4.04. The van der Waals surface area contributed by atoms with E-state index in [4.69, 9.17) is 16.7 Å². The van der Waals surface area contributed by atoms with Crippen LogP contribution in [0.15, 0.2) is 35.7 Å². The maximum atomic E-state index is 14.0. The lowest BCUT2D eigenvalue weighted by Crippen LogP contribution is -2.31. The highest BCUT2D eigenvalue weighted by Crippen LogP contribution is 2.31. The number of benzene rings is 1. The van der Waals surface area contributed by atoms with E-state index in [-0.39, 0.29) is 25.1 Å². The van der Waals surface area contributed by atoms with Crippen molar-refractivity contribution in [3.63, 3.8) is 0 Å². The molecule has 1 amide bonds. The Kier molecular flexibility index (Phi) is 5.33. The Balaban J connectivity index is 1.74. The molecule has 0 saturated heterocycles. The van der Waals surface area contributed by atoms with Gasteiger partial charge in [-0.1, -0.05) is 17.7 Å². The number of aliphatic hydroxyl groups excluding tert-OH is 1. The van der Waals surface area contributed by atoms with E-state index in [1.807, 2.05) is 11.4 Å². The van der Waals surface area contributed by atoms with Crippen molar-refractivity contribution in [3.8, 4) is 0 Å². The SMILES string of the molecule is O=C(/C=C/c1cc(CO)cs1)N(Cc1c(F)cccc1Cl)C1CC1. The molecule has 1 aliphatic carbocycles. The molecule has 2 aromatic rings. The van der Waals surface area contributed by atoms with Crippen LogP contribution in [0.4, 0.5) is 4.39 Å². The molecule has 0 radical (unpaired) electrons. The predicted molar refractivity (Wildman–Crippen MR) is 94.3 cm³/mol. The Bertz CT molecular complexity index is 750. The molecule has 1 fully saturated rings. The molecule has 126 valence electrons. The fourth-order valence-corrected chi connectivity index (χ4v) is 3.46. The third-order valence-corrected chi connectivity index (χ3v) is 5.21. The molecule has 24 heavy (non-hydrogen) atoms.